The molecule has 8 nitrogen and oxygen atoms in total. The molecule has 0 atom stereocenters. The predicted molar refractivity (Wildman–Crippen MR) is 147 cm³/mol. The summed E-state index contributed by atoms with van der Waals surface area (Å²) < 4.78 is 74.3. The van der Waals surface area contributed by atoms with Gasteiger partial charge < -0.3 is 10.2 Å². The standard InChI is InChI=1S/2C14H10F3N3O.Ni/c2*15-14(16,17)12-3-1-10(2-4-12)9-19-20-13(21)11-5-7-18-8-6-11;/h2*1-9H,(H,20,21);/p+2/b2*19-9-;. The molecule has 0 bridgehead atoms. The normalized spacial score (nSPS) is 12.5. The van der Waals surface area contributed by atoms with E-state index in [0.29, 0.717) is 22.3 Å². The molecule has 15 heteroatoms. The molecule has 43 heavy (non-hydrogen) atoms. The average Bonchev–Trinajstić information content (AvgIpc) is 2.98. The third-order valence-electron chi connectivity index (χ3n) is 5.11. The first-order chi connectivity index (χ1) is 19.9. The smallest absolute Gasteiger partial charge is 0.416 e. The van der Waals surface area contributed by atoms with Crippen molar-refractivity contribution in [2.45, 2.75) is 12.4 Å². The number of aromatic nitrogens is 2. The van der Waals surface area contributed by atoms with Crippen molar-refractivity contribution < 1.29 is 53.0 Å². The van der Waals surface area contributed by atoms with Gasteiger partial charge in [-0.3, -0.25) is 9.97 Å². The van der Waals surface area contributed by atoms with Crippen molar-refractivity contribution >= 4 is 24.2 Å². The van der Waals surface area contributed by atoms with Crippen LogP contribution in [0.5, 0.6) is 0 Å². The minimum Gasteiger partial charge on any atom is -0.577 e. The minimum absolute atomic E-state index is 0. The largest absolute Gasteiger partial charge is 0.577 e. The first-order valence-corrected chi connectivity index (χ1v) is 11.7. The monoisotopic (exact) mass is 646 g/mol. The maximum absolute atomic E-state index is 12.4. The summed E-state index contributed by atoms with van der Waals surface area (Å²) in [7, 11) is 0. The molecule has 2 aromatic heterocycles. The van der Waals surface area contributed by atoms with Crippen LogP contribution in [0.2, 0.25) is 0 Å². The maximum atomic E-state index is 12.4. The van der Waals surface area contributed by atoms with Crippen molar-refractivity contribution in [3.05, 3.63) is 131 Å². The molecule has 0 radical (unpaired) electrons. The Morgan fingerprint density at radius 1 is 0.535 bits per heavy atom. The first-order valence-electron chi connectivity index (χ1n) is 11.7. The van der Waals surface area contributed by atoms with Gasteiger partial charge in [-0.2, -0.15) is 36.5 Å². The van der Waals surface area contributed by atoms with E-state index in [4.69, 9.17) is 10.2 Å². The molecule has 4 rings (SSSR count). The van der Waals surface area contributed by atoms with Gasteiger partial charge in [-0.1, -0.05) is 34.5 Å². The molecule has 0 spiro atoms. The zero-order valence-corrected chi connectivity index (χ0v) is 22.6. The van der Waals surface area contributed by atoms with Crippen LogP contribution < -0.4 is 0 Å². The molecule has 0 aliphatic heterocycles. The Balaban J connectivity index is 0.000000293. The van der Waals surface area contributed by atoms with Crippen LogP contribution in [0.1, 0.15) is 33.4 Å². The molecule has 0 aliphatic carbocycles. The quantitative estimate of drug-likeness (QED) is 0.0714. The molecule has 0 saturated carbocycles. The molecule has 4 N–H and O–H groups in total. The number of hydrogen-bond acceptors (Lipinski definition) is 6. The number of halogens is 6. The fraction of sp³-hybridized carbons (Fsp3) is 0.0714. The van der Waals surface area contributed by atoms with Gasteiger partial charge in [0.2, 0.25) is 0 Å². The van der Waals surface area contributed by atoms with Crippen molar-refractivity contribution in [1.82, 2.24) is 9.97 Å². The zero-order valence-electron chi connectivity index (χ0n) is 21.7. The maximum Gasteiger partial charge on any atom is 0.416 e. The van der Waals surface area contributed by atoms with Crippen LogP contribution in [-0.2, 0) is 28.8 Å². The molecule has 0 amide bonds. The Hall–Kier alpha value is -4.91. The number of benzene rings is 2. The van der Waals surface area contributed by atoms with Crippen molar-refractivity contribution in [2.24, 2.45) is 20.4 Å². The van der Waals surface area contributed by atoms with Gasteiger partial charge >= 0.3 is 24.1 Å². The van der Waals surface area contributed by atoms with E-state index >= 15 is 0 Å². The fourth-order valence-corrected chi connectivity index (χ4v) is 2.96. The van der Waals surface area contributed by atoms with Gasteiger partial charge in [-0.05, 0) is 59.7 Å². The molecule has 0 fully saturated rings. The second kappa shape index (κ2) is 15.9. The third kappa shape index (κ3) is 11.5. The second-order valence-corrected chi connectivity index (χ2v) is 8.10. The van der Waals surface area contributed by atoms with Gasteiger partial charge in [-0.25, -0.2) is 0 Å². The van der Waals surface area contributed by atoms with Crippen molar-refractivity contribution in [3.8, 4) is 0 Å². The van der Waals surface area contributed by atoms with E-state index in [0.717, 1.165) is 24.3 Å². The van der Waals surface area contributed by atoms with E-state index in [2.05, 4.69) is 30.4 Å². The summed E-state index contributed by atoms with van der Waals surface area (Å²) in [6.45, 7) is 0. The van der Waals surface area contributed by atoms with Crippen molar-refractivity contribution in [1.29, 1.82) is 0 Å². The Morgan fingerprint density at radius 2 is 0.837 bits per heavy atom. The topological polar surface area (TPSA) is 121 Å². The summed E-state index contributed by atoms with van der Waals surface area (Å²) in [5.74, 6) is -0.110. The molecule has 2 aromatic carbocycles. The predicted octanol–water partition coefficient (Wildman–Crippen LogP) is 5.21. The van der Waals surface area contributed by atoms with Gasteiger partial charge in [-0.15, -0.1) is 0 Å². The van der Waals surface area contributed by atoms with Crippen LogP contribution in [0, 0.1) is 0 Å². The number of hydrogen-bond donors (Lipinski definition) is 0. The summed E-state index contributed by atoms with van der Waals surface area (Å²) in [4.78, 5) is 7.63. The first kappa shape index (κ1) is 34.3. The van der Waals surface area contributed by atoms with Gasteiger partial charge in [0.25, 0.3) is 0 Å². The van der Waals surface area contributed by atoms with E-state index in [9.17, 15) is 26.3 Å². The van der Waals surface area contributed by atoms with Crippen molar-refractivity contribution in [3.63, 3.8) is 0 Å². The van der Waals surface area contributed by atoms with Gasteiger partial charge in [0.05, 0.1) is 34.7 Å². The molecule has 2 heterocycles. The molecule has 4 aromatic rings. The molecular formula is C28H22F6N6NiO2+2. The average molecular weight is 647 g/mol. The van der Waals surface area contributed by atoms with Crippen LogP contribution in [0.3, 0.4) is 0 Å². The number of alkyl halides is 6. The van der Waals surface area contributed by atoms with Crippen LogP contribution in [-0.4, -0.2) is 44.4 Å². The Morgan fingerprint density at radius 3 is 1.12 bits per heavy atom. The minimum atomic E-state index is -4.36. The van der Waals surface area contributed by atoms with Crippen molar-refractivity contribution in [2.75, 3.05) is 0 Å². The number of nitrogens with zero attached hydrogens (tertiary/aromatic N) is 6. The summed E-state index contributed by atoms with van der Waals surface area (Å²) in [5, 5.41) is 30.0. The van der Waals surface area contributed by atoms with E-state index in [1.807, 2.05) is 0 Å². The van der Waals surface area contributed by atoms with E-state index in [-0.39, 0.29) is 28.3 Å². The summed E-state index contributed by atoms with van der Waals surface area (Å²) in [5.41, 5.74) is 0.593. The fourth-order valence-electron chi connectivity index (χ4n) is 2.96. The zero-order chi connectivity index (χ0) is 30.6. The van der Waals surface area contributed by atoms with Crippen LogP contribution in [0.25, 0.3) is 0 Å². The summed E-state index contributed by atoms with van der Waals surface area (Å²) >= 11 is 0. The summed E-state index contributed by atoms with van der Waals surface area (Å²) in [6, 6.07) is 15.5. The van der Waals surface area contributed by atoms with E-state index < -0.39 is 23.5 Å². The van der Waals surface area contributed by atoms with Crippen LogP contribution in [0.4, 0.5) is 26.3 Å². The Bertz CT molecular complexity index is 1420. The molecule has 0 unspecified atom stereocenters. The van der Waals surface area contributed by atoms with Crippen LogP contribution in [0.15, 0.2) is 118 Å². The number of pyridine rings is 2. The Labute approximate surface area is 250 Å². The third-order valence-corrected chi connectivity index (χ3v) is 5.11. The molecule has 0 aliphatic rings. The van der Waals surface area contributed by atoms with Gasteiger partial charge in [0.15, 0.2) is 0 Å². The van der Waals surface area contributed by atoms with Gasteiger partial charge in [0, 0.05) is 41.3 Å². The van der Waals surface area contributed by atoms with Gasteiger partial charge in [0.1, 0.15) is 0 Å². The Kier molecular flexibility index (Phi) is 12.7. The molecule has 226 valence electrons. The SMILES string of the molecule is [Ni].[OH2+]/C(=N\N=C/c1ccc(C(F)(F)F)cc1)c1ccncc1.[OH2+]/C(=N\N=C/c1ccc(C(F)(F)F)cc1)c1ccncc1. The number of rotatable bonds is 6. The van der Waals surface area contributed by atoms with E-state index in [1.165, 1.54) is 61.5 Å². The second-order valence-electron chi connectivity index (χ2n) is 8.10. The summed E-state index contributed by atoms with van der Waals surface area (Å²) in [6.07, 6.45) is -0.0331. The van der Waals surface area contributed by atoms with E-state index in [1.54, 1.807) is 24.3 Å². The molecule has 0 saturated heterocycles. The molecular weight excluding hydrogens is 625 g/mol. The van der Waals surface area contributed by atoms with Crippen LogP contribution >= 0.6 is 0 Å².